The summed E-state index contributed by atoms with van der Waals surface area (Å²) in [6.45, 7) is 7.74. The van der Waals surface area contributed by atoms with Gasteiger partial charge >= 0.3 is 0 Å². The maximum atomic E-state index is 3.61. The fourth-order valence-electron chi connectivity index (χ4n) is 1.52. The number of nitrogens with zero attached hydrogens (tertiary/aromatic N) is 1. The van der Waals surface area contributed by atoms with Crippen LogP contribution in [0.1, 0.15) is 31.2 Å². The summed E-state index contributed by atoms with van der Waals surface area (Å²) in [6, 6.07) is 4.88. The normalized spacial score (nSPS) is 13.3. The largest absolute Gasteiger partial charge is 0.308 e. The Balaban J connectivity index is 2.29. The third kappa shape index (κ3) is 4.33. The van der Waals surface area contributed by atoms with Crippen LogP contribution in [0.3, 0.4) is 0 Å². The minimum absolute atomic E-state index is 0.537. The van der Waals surface area contributed by atoms with Crippen molar-refractivity contribution in [2.24, 2.45) is 0 Å². The highest BCUT2D eigenvalue weighted by Crippen LogP contribution is 2.21. The predicted molar refractivity (Wildman–Crippen MR) is 68.5 cm³/mol. The van der Waals surface area contributed by atoms with Crippen LogP contribution in [-0.4, -0.2) is 31.6 Å². The summed E-state index contributed by atoms with van der Waals surface area (Å²) < 4.78 is 0. The molecule has 0 aliphatic rings. The summed E-state index contributed by atoms with van der Waals surface area (Å²) in [6.07, 6.45) is 1.16. The fourth-order valence-corrected chi connectivity index (χ4v) is 2.41. The van der Waals surface area contributed by atoms with E-state index in [9.17, 15) is 0 Å². The Kier molecular flexibility index (Phi) is 5.91. The molecule has 0 aromatic carbocycles. The first-order chi connectivity index (χ1) is 7.27. The zero-order valence-corrected chi connectivity index (χ0v) is 10.8. The molecular weight excluding hydrogens is 204 g/mol. The van der Waals surface area contributed by atoms with Crippen molar-refractivity contribution in [1.29, 1.82) is 0 Å². The van der Waals surface area contributed by atoms with Crippen molar-refractivity contribution in [2.75, 3.05) is 26.7 Å². The van der Waals surface area contributed by atoms with E-state index >= 15 is 0 Å². The second-order valence-electron chi connectivity index (χ2n) is 3.83. The average Bonchev–Trinajstić information content (AvgIpc) is 2.77. The van der Waals surface area contributed by atoms with E-state index < -0.39 is 0 Å². The first-order valence-electron chi connectivity index (χ1n) is 5.73. The first kappa shape index (κ1) is 12.7. The molecule has 86 valence electrons. The van der Waals surface area contributed by atoms with Crippen LogP contribution in [0.15, 0.2) is 17.5 Å². The van der Waals surface area contributed by atoms with E-state index in [1.165, 1.54) is 4.88 Å². The van der Waals surface area contributed by atoms with E-state index in [1.807, 2.05) is 11.3 Å². The summed E-state index contributed by atoms with van der Waals surface area (Å²) >= 11 is 1.84. The lowest BCUT2D eigenvalue weighted by atomic mass is 10.2. The quantitative estimate of drug-likeness (QED) is 0.769. The molecule has 1 N–H and O–H groups in total. The van der Waals surface area contributed by atoms with Gasteiger partial charge in [-0.3, -0.25) is 0 Å². The molecule has 1 aromatic rings. The third-order valence-electron chi connectivity index (χ3n) is 2.72. The second kappa shape index (κ2) is 6.99. The molecule has 0 saturated heterocycles. The van der Waals surface area contributed by atoms with Crippen LogP contribution in [-0.2, 0) is 0 Å². The average molecular weight is 226 g/mol. The standard InChI is InChI=1S/C12H22N2S/c1-4-11(12-7-6-10-15-12)13-8-9-14(3)5-2/h6-7,10-11,13H,4-5,8-9H2,1-3H3. The molecule has 1 unspecified atom stereocenters. The topological polar surface area (TPSA) is 15.3 Å². The molecule has 1 atom stereocenters. The van der Waals surface area contributed by atoms with Crippen LogP contribution in [0.25, 0.3) is 0 Å². The van der Waals surface area contributed by atoms with Crippen LogP contribution in [0, 0.1) is 0 Å². The molecule has 0 saturated carbocycles. The SMILES string of the molecule is CCC(NCCN(C)CC)c1cccs1. The molecule has 1 heterocycles. The zero-order valence-electron chi connectivity index (χ0n) is 9.99. The summed E-state index contributed by atoms with van der Waals surface area (Å²) in [5.41, 5.74) is 0. The summed E-state index contributed by atoms with van der Waals surface area (Å²) in [7, 11) is 2.16. The Morgan fingerprint density at radius 3 is 2.80 bits per heavy atom. The molecule has 0 aliphatic carbocycles. The fraction of sp³-hybridized carbons (Fsp3) is 0.667. The Morgan fingerprint density at radius 1 is 1.47 bits per heavy atom. The monoisotopic (exact) mass is 226 g/mol. The number of nitrogens with one attached hydrogen (secondary N) is 1. The highest BCUT2D eigenvalue weighted by Gasteiger charge is 2.08. The minimum atomic E-state index is 0.537. The van der Waals surface area contributed by atoms with Gasteiger partial charge in [0.2, 0.25) is 0 Å². The molecule has 0 aliphatic heterocycles. The van der Waals surface area contributed by atoms with E-state index in [0.717, 1.165) is 26.1 Å². The van der Waals surface area contributed by atoms with Gasteiger partial charge in [-0.2, -0.15) is 0 Å². The highest BCUT2D eigenvalue weighted by molar-refractivity contribution is 7.10. The smallest absolute Gasteiger partial charge is 0.0412 e. The van der Waals surface area contributed by atoms with Gasteiger partial charge in [0, 0.05) is 24.0 Å². The molecule has 2 nitrogen and oxygen atoms in total. The number of thiophene rings is 1. The molecule has 3 heteroatoms. The molecule has 15 heavy (non-hydrogen) atoms. The van der Waals surface area contributed by atoms with Crippen LogP contribution in [0.5, 0.6) is 0 Å². The lowest BCUT2D eigenvalue weighted by Gasteiger charge is -2.18. The van der Waals surface area contributed by atoms with Gasteiger partial charge in [0.1, 0.15) is 0 Å². The van der Waals surface area contributed by atoms with Gasteiger partial charge in [-0.25, -0.2) is 0 Å². The van der Waals surface area contributed by atoms with Crippen molar-refractivity contribution in [3.8, 4) is 0 Å². The summed E-state index contributed by atoms with van der Waals surface area (Å²) in [4.78, 5) is 3.78. The molecule has 0 fully saturated rings. The zero-order chi connectivity index (χ0) is 11.1. The van der Waals surface area contributed by atoms with Crippen LogP contribution >= 0.6 is 11.3 Å². The highest BCUT2D eigenvalue weighted by atomic mass is 32.1. The number of hydrogen-bond acceptors (Lipinski definition) is 3. The Bertz CT molecular complexity index is 246. The van der Waals surface area contributed by atoms with E-state index in [1.54, 1.807) is 0 Å². The molecule has 0 bridgehead atoms. The van der Waals surface area contributed by atoms with Gasteiger partial charge in [-0.05, 0) is 31.5 Å². The van der Waals surface area contributed by atoms with Crippen LogP contribution in [0.2, 0.25) is 0 Å². The van der Waals surface area contributed by atoms with E-state index in [-0.39, 0.29) is 0 Å². The van der Waals surface area contributed by atoms with Crippen molar-refractivity contribution in [2.45, 2.75) is 26.3 Å². The predicted octanol–water partition coefficient (Wildman–Crippen LogP) is 2.74. The van der Waals surface area contributed by atoms with E-state index in [4.69, 9.17) is 0 Å². The van der Waals surface area contributed by atoms with Gasteiger partial charge in [0.25, 0.3) is 0 Å². The number of likely N-dealkylation sites (N-methyl/N-ethyl adjacent to an activating group) is 1. The van der Waals surface area contributed by atoms with Crippen LogP contribution in [0.4, 0.5) is 0 Å². The van der Waals surface area contributed by atoms with Crippen molar-refractivity contribution in [3.05, 3.63) is 22.4 Å². The summed E-state index contributed by atoms with van der Waals surface area (Å²) in [5.74, 6) is 0. The molecule has 0 radical (unpaired) electrons. The van der Waals surface area contributed by atoms with Gasteiger partial charge in [0.15, 0.2) is 0 Å². The molecule has 0 amide bonds. The lowest BCUT2D eigenvalue weighted by Crippen LogP contribution is -2.31. The van der Waals surface area contributed by atoms with Gasteiger partial charge in [0.05, 0.1) is 0 Å². The van der Waals surface area contributed by atoms with Gasteiger partial charge < -0.3 is 10.2 Å². The van der Waals surface area contributed by atoms with Crippen molar-refractivity contribution in [3.63, 3.8) is 0 Å². The Hall–Kier alpha value is -0.380. The third-order valence-corrected chi connectivity index (χ3v) is 3.70. The molecule has 1 aromatic heterocycles. The van der Waals surface area contributed by atoms with Crippen molar-refractivity contribution >= 4 is 11.3 Å². The van der Waals surface area contributed by atoms with E-state index in [2.05, 4.69) is 48.6 Å². The maximum Gasteiger partial charge on any atom is 0.0412 e. The first-order valence-corrected chi connectivity index (χ1v) is 6.61. The maximum absolute atomic E-state index is 3.61. The van der Waals surface area contributed by atoms with E-state index in [0.29, 0.717) is 6.04 Å². The van der Waals surface area contributed by atoms with Gasteiger partial charge in [-0.15, -0.1) is 11.3 Å². The van der Waals surface area contributed by atoms with Gasteiger partial charge in [-0.1, -0.05) is 19.9 Å². The summed E-state index contributed by atoms with van der Waals surface area (Å²) in [5, 5.41) is 5.76. The molecule has 0 spiro atoms. The Morgan fingerprint density at radius 2 is 2.27 bits per heavy atom. The minimum Gasteiger partial charge on any atom is -0.308 e. The van der Waals surface area contributed by atoms with Crippen molar-refractivity contribution in [1.82, 2.24) is 10.2 Å². The lowest BCUT2D eigenvalue weighted by molar-refractivity contribution is 0.339. The van der Waals surface area contributed by atoms with Crippen LogP contribution < -0.4 is 5.32 Å². The number of hydrogen-bond donors (Lipinski definition) is 1. The number of rotatable bonds is 7. The molecule has 1 rings (SSSR count). The Labute approximate surface area is 97.3 Å². The second-order valence-corrected chi connectivity index (χ2v) is 4.81. The van der Waals surface area contributed by atoms with Crippen molar-refractivity contribution < 1.29 is 0 Å². The molecular formula is C12H22N2S.